The predicted molar refractivity (Wildman–Crippen MR) is 45.4 cm³/mol. The molecule has 0 aromatic heterocycles. The number of rotatable bonds is 7. The van der Waals surface area contributed by atoms with Gasteiger partial charge in [-0.25, -0.2) is 13.1 Å². The Bertz CT molecular complexity index is 190. The molecule has 6 heteroatoms. The summed E-state index contributed by atoms with van der Waals surface area (Å²) in [6.45, 7) is 0.462. The van der Waals surface area contributed by atoms with Gasteiger partial charge in [-0.2, -0.15) is 0 Å². The monoisotopic (exact) mass is 197 g/mol. The van der Waals surface area contributed by atoms with E-state index in [1.807, 2.05) is 0 Å². The molecule has 0 fully saturated rings. The van der Waals surface area contributed by atoms with Crippen molar-refractivity contribution >= 4 is 10.0 Å². The Morgan fingerprint density at radius 2 is 2.17 bits per heavy atom. The average molecular weight is 197 g/mol. The van der Waals surface area contributed by atoms with E-state index in [-0.39, 0.29) is 25.5 Å². The number of sulfonamides is 1. The molecule has 0 aromatic rings. The fourth-order valence-electron chi connectivity index (χ4n) is 0.572. The van der Waals surface area contributed by atoms with E-state index in [0.29, 0.717) is 6.42 Å². The third kappa shape index (κ3) is 6.53. The maximum absolute atomic E-state index is 11.0. The molecule has 5 nitrogen and oxygen atoms in total. The third-order valence-corrected chi connectivity index (χ3v) is 2.56. The van der Waals surface area contributed by atoms with E-state index >= 15 is 0 Å². The lowest BCUT2D eigenvalue weighted by molar-refractivity contribution is 0.217. The van der Waals surface area contributed by atoms with Crippen LogP contribution in [0.4, 0.5) is 0 Å². The highest BCUT2D eigenvalue weighted by atomic mass is 32.2. The van der Waals surface area contributed by atoms with Gasteiger partial charge in [-0.3, -0.25) is 0 Å². The minimum absolute atomic E-state index is 0.00715. The summed E-state index contributed by atoms with van der Waals surface area (Å²) in [7, 11) is -1.75. The van der Waals surface area contributed by atoms with Crippen LogP contribution in [0.15, 0.2) is 0 Å². The molecule has 0 aromatic carbocycles. The highest BCUT2D eigenvalue weighted by Gasteiger charge is 2.07. The van der Waals surface area contributed by atoms with Crippen LogP contribution in [0.1, 0.15) is 6.42 Å². The van der Waals surface area contributed by atoms with Gasteiger partial charge in [-0.1, -0.05) is 0 Å². The molecule has 2 N–H and O–H groups in total. The van der Waals surface area contributed by atoms with Crippen LogP contribution >= 0.6 is 0 Å². The summed E-state index contributed by atoms with van der Waals surface area (Å²) in [5, 5.41) is 8.38. The second kappa shape index (κ2) is 6.36. The molecule has 0 aliphatic carbocycles. The molecule has 12 heavy (non-hydrogen) atoms. The Morgan fingerprint density at radius 3 is 2.67 bits per heavy atom. The fourth-order valence-corrected chi connectivity index (χ4v) is 1.56. The Morgan fingerprint density at radius 1 is 1.50 bits per heavy atom. The zero-order chi connectivity index (χ0) is 9.45. The van der Waals surface area contributed by atoms with Gasteiger partial charge in [0.05, 0.1) is 12.4 Å². The van der Waals surface area contributed by atoms with E-state index in [9.17, 15) is 8.42 Å². The normalized spacial score (nSPS) is 11.8. The highest BCUT2D eigenvalue weighted by molar-refractivity contribution is 7.89. The SMILES string of the molecule is COCCS(=O)(=O)NCCCO. The van der Waals surface area contributed by atoms with Gasteiger partial charge in [0.1, 0.15) is 0 Å². The minimum atomic E-state index is -3.20. The lowest BCUT2D eigenvalue weighted by Crippen LogP contribution is -2.29. The quantitative estimate of drug-likeness (QED) is 0.510. The standard InChI is InChI=1S/C6H15NO4S/c1-11-5-6-12(9,10)7-3-2-4-8/h7-8H,2-6H2,1H3. The molecule has 0 radical (unpaired) electrons. The van der Waals surface area contributed by atoms with Crippen molar-refractivity contribution in [1.29, 1.82) is 0 Å². The van der Waals surface area contributed by atoms with Gasteiger partial charge < -0.3 is 9.84 Å². The van der Waals surface area contributed by atoms with Gasteiger partial charge in [0, 0.05) is 20.3 Å². The van der Waals surface area contributed by atoms with Crippen LogP contribution in [0.3, 0.4) is 0 Å². The Labute approximate surface area is 72.8 Å². The van der Waals surface area contributed by atoms with Crippen LogP contribution in [-0.4, -0.2) is 46.1 Å². The number of hydrogen-bond acceptors (Lipinski definition) is 4. The molecule has 0 atom stereocenters. The third-order valence-electron chi connectivity index (χ3n) is 1.21. The Balaban J connectivity index is 3.58. The Kier molecular flexibility index (Phi) is 6.27. The number of methoxy groups -OCH3 is 1. The smallest absolute Gasteiger partial charge is 0.213 e. The summed E-state index contributed by atoms with van der Waals surface area (Å²) in [6, 6.07) is 0. The topological polar surface area (TPSA) is 75.6 Å². The van der Waals surface area contributed by atoms with Crippen molar-refractivity contribution < 1.29 is 18.3 Å². The van der Waals surface area contributed by atoms with Gasteiger partial charge in [0.15, 0.2) is 0 Å². The van der Waals surface area contributed by atoms with E-state index in [1.54, 1.807) is 0 Å². The lowest BCUT2D eigenvalue weighted by atomic mass is 10.5. The molecule has 0 spiro atoms. The van der Waals surface area contributed by atoms with Crippen molar-refractivity contribution in [3.8, 4) is 0 Å². The van der Waals surface area contributed by atoms with Gasteiger partial charge in [0.25, 0.3) is 0 Å². The zero-order valence-electron chi connectivity index (χ0n) is 7.12. The van der Waals surface area contributed by atoms with Crippen LogP contribution in [0.25, 0.3) is 0 Å². The van der Waals surface area contributed by atoms with E-state index in [1.165, 1.54) is 7.11 Å². The van der Waals surface area contributed by atoms with Crippen molar-refractivity contribution in [3.63, 3.8) is 0 Å². The van der Waals surface area contributed by atoms with Crippen molar-refractivity contribution in [2.45, 2.75) is 6.42 Å². The van der Waals surface area contributed by atoms with Crippen LogP contribution in [-0.2, 0) is 14.8 Å². The molecule has 0 unspecified atom stereocenters. The number of aliphatic hydroxyl groups excluding tert-OH is 1. The summed E-state index contributed by atoms with van der Waals surface area (Å²) >= 11 is 0. The predicted octanol–water partition coefficient (Wildman–Crippen LogP) is -1.07. The molecule has 0 rings (SSSR count). The maximum atomic E-state index is 11.0. The van der Waals surface area contributed by atoms with E-state index in [0.717, 1.165) is 0 Å². The minimum Gasteiger partial charge on any atom is -0.396 e. The number of nitrogens with one attached hydrogen (secondary N) is 1. The zero-order valence-corrected chi connectivity index (χ0v) is 7.93. The summed E-state index contributed by atoms with van der Waals surface area (Å²) in [6.07, 6.45) is 0.437. The molecular weight excluding hydrogens is 182 g/mol. The van der Waals surface area contributed by atoms with Crippen LogP contribution in [0.5, 0.6) is 0 Å². The second-order valence-electron chi connectivity index (χ2n) is 2.28. The van der Waals surface area contributed by atoms with E-state index in [4.69, 9.17) is 5.11 Å². The lowest BCUT2D eigenvalue weighted by Gasteiger charge is -2.04. The molecule has 0 aliphatic rings. The molecule has 0 amide bonds. The van der Waals surface area contributed by atoms with Crippen LogP contribution in [0.2, 0.25) is 0 Å². The molecule has 0 bridgehead atoms. The first kappa shape index (κ1) is 11.8. The average Bonchev–Trinajstić information content (AvgIpc) is 2.01. The molecule has 0 saturated carbocycles. The molecule has 0 aliphatic heterocycles. The van der Waals surface area contributed by atoms with Gasteiger partial charge >= 0.3 is 0 Å². The maximum Gasteiger partial charge on any atom is 0.213 e. The molecule has 74 valence electrons. The number of aliphatic hydroxyl groups is 1. The van der Waals surface area contributed by atoms with Gasteiger partial charge in [-0.15, -0.1) is 0 Å². The van der Waals surface area contributed by atoms with Crippen LogP contribution in [0, 0.1) is 0 Å². The van der Waals surface area contributed by atoms with E-state index < -0.39 is 10.0 Å². The number of ether oxygens (including phenoxy) is 1. The first-order chi connectivity index (χ1) is 5.62. The largest absolute Gasteiger partial charge is 0.396 e. The summed E-state index contributed by atoms with van der Waals surface area (Å²) in [5.41, 5.74) is 0. The molecule has 0 heterocycles. The van der Waals surface area contributed by atoms with Crippen molar-refractivity contribution in [2.24, 2.45) is 0 Å². The fraction of sp³-hybridized carbons (Fsp3) is 1.00. The molecule has 0 saturated heterocycles. The Hall–Kier alpha value is -0.170. The molecular formula is C6H15NO4S. The highest BCUT2D eigenvalue weighted by Crippen LogP contribution is 1.85. The van der Waals surface area contributed by atoms with Crippen molar-refractivity contribution in [3.05, 3.63) is 0 Å². The summed E-state index contributed by atoms with van der Waals surface area (Å²) in [4.78, 5) is 0. The van der Waals surface area contributed by atoms with Crippen molar-refractivity contribution in [2.75, 3.05) is 32.6 Å². The van der Waals surface area contributed by atoms with E-state index in [2.05, 4.69) is 9.46 Å². The number of hydrogen-bond donors (Lipinski definition) is 2. The van der Waals surface area contributed by atoms with Gasteiger partial charge in [-0.05, 0) is 6.42 Å². The van der Waals surface area contributed by atoms with Crippen LogP contribution < -0.4 is 4.72 Å². The van der Waals surface area contributed by atoms with Gasteiger partial charge in [0.2, 0.25) is 10.0 Å². The summed E-state index contributed by atoms with van der Waals surface area (Å²) in [5.74, 6) is -0.0328. The first-order valence-electron chi connectivity index (χ1n) is 3.69. The van der Waals surface area contributed by atoms with Crippen molar-refractivity contribution in [1.82, 2.24) is 4.72 Å². The second-order valence-corrected chi connectivity index (χ2v) is 4.21. The summed E-state index contributed by atoms with van der Waals surface area (Å²) < 4.78 is 28.9. The first-order valence-corrected chi connectivity index (χ1v) is 5.35.